The van der Waals surface area contributed by atoms with Gasteiger partial charge in [0, 0.05) is 0 Å². The Balaban J connectivity index is 2.22. The first-order valence-electron chi connectivity index (χ1n) is 7.92. The van der Waals surface area contributed by atoms with E-state index in [2.05, 4.69) is 55.8 Å². The fourth-order valence-corrected chi connectivity index (χ4v) is 2.65. The second-order valence-electron chi connectivity index (χ2n) is 5.49. The Morgan fingerprint density at radius 2 is 2.05 bits per heavy atom. The van der Waals surface area contributed by atoms with Crippen LogP contribution in [0.2, 0.25) is 0 Å². The van der Waals surface area contributed by atoms with Gasteiger partial charge in [0.05, 0.1) is 17.1 Å². The second-order valence-corrected chi connectivity index (χ2v) is 5.49. The molecule has 0 amide bonds. The number of imidazole rings is 1. The molecule has 3 heteroatoms. The molecule has 2 aromatic rings. The standard InChI is InChI=1S/C17H27N3/c1-5-8-11-20(7-3)13(4)17-18-15-10-9-14(6-2)12-16(15)19-17/h9-10,12-13H,5-8,11H2,1-4H3,(H,18,19). The van der Waals surface area contributed by atoms with Crippen molar-refractivity contribution in [1.82, 2.24) is 14.9 Å². The van der Waals surface area contributed by atoms with Crippen molar-refractivity contribution in [3.8, 4) is 0 Å². The number of rotatable bonds is 7. The lowest BCUT2D eigenvalue weighted by molar-refractivity contribution is 0.212. The van der Waals surface area contributed by atoms with E-state index < -0.39 is 0 Å². The number of aromatic nitrogens is 2. The molecule has 1 aromatic carbocycles. The molecular weight excluding hydrogens is 246 g/mol. The molecule has 0 fully saturated rings. The quantitative estimate of drug-likeness (QED) is 0.815. The molecule has 0 saturated carbocycles. The number of H-pyrrole nitrogens is 1. The van der Waals surface area contributed by atoms with Crippen LogP contribution in [0, 0.1) is 0 Å². The van der Waals surface area contributed by atoms with Gasteiger partial charge in [0.1, 0.15) is 5.82 Å². The van der Waals surface area contributed by atoms with Crippen molar-refractivity contribution in [2.24, 2.45) is 0 Å². The lowest BCUT2D eigenvalue weighted by atomic mass is 10.1. The topological polar surface area (TPSA) is 31.9 Å². The molecule has 0 aliphatic rings. The van der Waals surface area contributed by atoms with E-state index in [9.17, 15) is 0 Å². The van der Waals surface area contributed by atoms with E-state index in [1.165, 1.54) is 18.4 Å². The van der Waals surface area contributed by atoms with Gasteiger partial charge in [-0.15, -0.1) is 0 Å². The van der Waals surface area contributed by atoms with E-state index in [0.717, 1.165) is 36.4 Å². The molecule has 0 aliphatic carbocycles. The minimum atomic E-state index is 0.351. The number of benzene rings is 1. The zero-order valence-corrected chi connectivity index (χ0v) is 13.2. The number of fused-ring (bicyclic) bond motifs is 1. The fraction of sp³-hybridized carbons (Fsp3) is 0.588. The first-order chi connectivity index (χ1) is 9.69. The van der Waals surface area contributed by atoms with Gasteiger partial charge >= 0.3 is 0 Å². The Morgan fingerprint density at radius 1 is 1.25 bits per heavy atom. The minimum absolute atomic E-state index is 0.351. The lowest BCUT2D eigenvalue weighted by Gasteiger charge is -2.26. The van der Waals surface area contributed by atoms with E-state index >= 15 is 0 Å². The van der Waals surface area contributed by atoms with Crippen molar-refractivity contribution in [1.29, 1.82) is 0 Å². The Kier molecular flexibility index (Phi) is 5.18. The predicted molar refractivity (Wildman–Crippen MR) is 86.0 cm³/mol. The van der Waals surface area contributed by atoms with Crippen molar-refractivity contribution in [2.45, 2.75) is 53.0 Å². The molecule has 1 heterocycles. The summed E-state index contributed by atoms with van der Waals surface area (Å²) in [7, 11) is 0. The van der Waals surface area contributed by atoms with E-state index in [1.54, 1.807) is 0 Å². The van der Waals surface area contributed by atoms with Gasteiger partial charge in [-0.1, -0.05) is 33.3 Å². The average molecular weight is 273 g/mol. The van der Waals surface area contributed by atoms with Crippen LogP contribution in [0.5, 0.6) is 0 Å². The summed E-state index contributed by atoms with van der Waals surface area (Å²) in [5.74, 6) is 1.09. The van der Waals surface area contributed by atoms with E-state index in [1.807, 2.05) is 0 Å². The van der Waals surface area contributed by atoms with Gasteiger partial charge in [-0.05, 0) is 50.6 Å². The van der Waals surface area contributed by atoms with Crippen molar-refractivity contribution in [2.75, 3.05) is 13.1 Å². The zero-order valence-electron chi connectivity index (χ0n) is 13.2. The van der Waals surface area contributed by atoms with Gasteiger partial charge in [-0.2, -0.15) is 0 Å². The molecule has 1 N–H and O–H groups in total. The molecule has 2 rings (SSSR count). The van der Waals surface area contributed by atoms with Crippen LogP contribution in [0.1, 0.15) is 58.0 Å². The summed E-state index contributed by atoms with van der Waals surface area (Å²) in [4.78, 5) is 10.8. The summed E-state index contributed by atoms with van der Waals surface area (Å²) in [6, 6.07) is 6.88. The molecule has 0 aliphatic heterocycles. The maximum absolute atomic E-state index is 4.77. The van der Waals surface area contributed by atoms with Crippen LogP contribution >= 0.6 is 0 Å². The van der Waals surface area contributed by atoms with E-state index in [0.29, 0.717) is 6.04 Å². The van der Waals surface area contributed by atoms with Crippen LogP contribution in [0.25, 0.3) is 11.0 Å². The Labute approximate surface area is 122 Å². The molecular formula is C17H27N3. The van der Waals surface area contributed by atoms with Gasteiger partial charge in [0.15, 0.2) is 0 Å². The number of unbranched alkanes of at least 4 members (excludes halogenated alkanes) is 1. The molecule has 3 nitrogen and oxygen atoms in total. The van der Waals surface area contributed by atoms with Crippen molar-refractivity contribution >= 4 is 11.0 Å². The molecule has 0 saturated heterocycles. The summed E-state index contributed by atoms with van der Waals surface area (Å²) in [5, 5.41) is 0. The largest absolute Gasteiger partial charge is 0.341 e. The van der Waals surface area contributed by atoms with Crippen LogP contribution in [0.4, 0.5) is 0 Å². The summed E-state index contributed by atoms with van der Waals surface area (Å²) >= 11 is 0. The summed E-state index contributed by atoms with van der Waals surface area (Å²) in [5.41, 5.74) is 3.60. The lowest BCUT2D eigenvalue weighted by Crippen LogP contribution is -2.28. The van der Waals surface area contributed by atoms with Crippen molar-refractivity contribution in [3.05, 3.63) is 29.6 Å². The highest BCUT2D eigenvalue weighted by Crippen LogP contribution is 2.22. The van der Waals surface area contributed by atoms with Crippen LogP contribution in [0.15, 0.2) is 18.2 Å². The SMILES string of the molecule is CCCCN(CC)C(C)c1nc2ccc(CC)cc2[nH]1. The molecule has 110 valence electrons. The summed E-state index contributed by atoms with van der Waals surface area (Å²) in [6.07, 6.45) is 3.55. The summed E-state index contributed by atoms with van der Waals surface area (Å²) < 4.78 is 0. The highest BCUT2D eigenvalue weighted by molar-refractivity contribution is 5.76. The van der Waals surface area contributed by atoms with Crippen LogP contribution in [0.3, 0.4) is 0 Å². The highest BCUT2D eigenvalue weighted by Gasteiger charge is 2.17. The van der Waals surface area contributed by atoms with Crippen LogP contribution in [-0.2, 0) is 6.42 Å². The predicted octanol–water partition coefficient (Wildman–Crippen LogP) is 4.31. The monoisotopic (exact) mass is 273 g/mol. The number of hydrogen-bond acceptors (Lipinski definition) is 2. The minimum Gasteiger partial charge on any atom is -0.341 e. The van der Waals surface area contributed by atoms with E-state index in [-0.39, 0.29) is 0 Å². The third kappa shape index (κ3) is 3.21. The number of hydrogen-bond donors (Lipinski definition) is 1. The molecule has 1 atom stereocenters. The second kappa shape index (κ2) is 6.89. The van der Waals surface area contributed by atoms with Crippen LogP contribution < -0.4 is 0 Å². The average Bonchev–Trinajstić information content (AvgIpc) is 2.90. The van der Waals surface area contributed by atoms with Gasteiger partial charge in [-0.25, -0.2) is 4.98 Å². The van der Waals surface area contributed by atoms with E-state index in [4.69, 9.17) is 4.98 Å². The maximum atomic E-state index is 4.77. The van der Waals surface area contributed by atoms with Gasteiger partial charge in [-0.3, -0.25) is 4.90 Å². The van der Waals surface area contributed by atoms with Gasteiger partial charge in [0.2, 0.25) is 0 Å². The molecule has 0 radical (unpaired) electrons. The Morgan fingerprint density at radius 3 is 2.70 bits per heavy atom. The molecule has 1 unspecified atom stereocenters. The Hall–Kier alpha value is -1.35. The molecule has 20 heavy (non-hydrogen) atoms. The van der Waals surface area contributed by atoms with Gasteiger partial charge < -0.3 is 4.98 Å². The molecule has 0 spiro atoms. The first kappa shape index (κ1) is 15.0. The number of aromatic amines is 1. The third-order valence-electron chi connectivity index (χ3n) is 4.12. The number of nitrogens with one attached hydrogen (secondary N) is 1. The summed E-state index contributed by atoms with van der Waals surface area (Å²) in [6.45, 7) is 11.1. The first-order valence-corrected chi connectivity index (χ1v) is 7.92. The zero-order chi connectivity index (χ0) is 14.5. The molecule has 0 bridgehead atoms. The number of aryl methyl sites for hydroxylation is 1. The van der Waals surface area contributed by atoms with Crippen molar-refractivity contribution < 1.29 is 0 Å². The smallest absolute Gasteiger partial charge is 0.124 e. The normalized spacial score (nSPS) is 13.2. The third-order valence-corrected chi connectivity index (χ3v) is 4.12. The molecule has 1 aromatic heterocycles. The van der Waals surface area contributed by atoms with Gasteiger partial charge in [0.25, 0.3) is 0 Å². The Bertz CT molecular complexity index is 544. The fourth-order valence-electron chi connectivity index (χ4n) is 2.65. The number of nitrogens with zero attached hydrogens (tertiary/aromatic N) is 2. The highest BCUT2D eigenvalue weighted by atomic mass is 15.2. The van der Waals surface area contributed by atoms with Crippen molar-refractivity contribution in [3.63, 3.8) is 0 Å². The maximum Gasteiger partial charge on any atom is 0.124 e. The van der Waals surface area contributed by atoms with Crippen LogP contribution in [-0.4, -0.2) is 28.0 Å².